The second-order valence-electron chi connectivity index (χ2n) is 28.0. The van der Waals surface area contributed by atoms with E-state index >= 15 is 19.2 Å². The third kappa shape index (κ3) is 39.8. The van der Waals surface area contributed by atoms with Gasteiger partial charge in [-0.1, -0.05) is 0 Å². The van der Waals surface area contributed by atoms with Crippen LogP contribution in [0.1, 0.15) is 415 Å². The SMILES string of the molecule is CCCCCCCCC(CS)(CCCCCCCC)C(=O)[O][Sn]([O]C(=O)C(CS)(CCCCCCCC)CCCCCCCC)([O]C(=O)C(CS)(CCCCCCCC)CCCCCCCC)[O]C(=O)C(CS)(CCCCCCCC)CCCCCCCC. The third-order valence-corrected chi connectivity index (χ3v) is 27.3. The minimum absolute atomic E-state index is 0.192. The molecule has 0 aliphatic rings. The van der Waals surface area contributed by atoms with Crippen molar-refractivity contribution in [3.05, 3.63) is 0 Å². The van der Waals surface area contributed by atoms with E-state index < -0.39 is 65.6 Å². The fraction of sp³-hybridized carbons (Fsp3) is 0.947. The summed E-state index contributed by atoms with van der Waals surface area (Å²) in [5.74, 6) is -1.70. The molecule has 0 amide bonds. The van der Waals surface area contributed by atoms with Crippen molar-refractivity contribution < 1.29 is 31.5 Å². The maximum atomic E-state index is 16.3. The molecule has 0 fully saturated rings. The average molecular weight is 1440 g/mol. The molecule has 0 spiro atoms. The van der Waals surface area contributed by atoms with Crippen molar-refractivity contribution in [1.82, 2.24) is 0 Å². The number of thiol groups is 4. The van der Waals surface area contributed by atoms with Crippen LogP contribution in [0, 0.1) is 21.7 Å². The molecule has 528 valence electrons. The summed E-state index contributed by atoms with van der Waals surface area (Å²) in [5, 5.41) is 0. The molecule has 0 atom stereocenters. The Balaban J connectivity index is 8.97. The molecule has 0 heterocycles. The number of hydrogen-bond donors (Lipinski definition) is 4. The van der Waals surface area contributed by atoms with Crippen molar-refractivity contribution in [3.63, 3.8) is 0 Å². The Morgan fingerprint density at radius 1 is 0.213 bits per heavy atom. The zero-order chi connectivity index (χ0) is 66.1. The second kappa shape index (κ2) is 59.4. The van der Waals surface area contributed by atoms with Gasteiger partial charge in [-0.2, -0.15) is 0 Å². The van der Waals surface area contributed by atoms with Gasteiger partial charge in [-0.05, 0) is 0 Å². The maximum absolute atomic E-state index is 16.3. The molecule has 0 aromatic carbocycles. The van der Waals surface area contributed by atoms with Crippen LogP contribution in [0.4, 0.5) is 0 Å². The summed E-state index contributed by atoms with van der Waals surface area (Å²) in [7, 11) is 0. The van der Waals surface area contributed by atoms with Crippen molar-refractivity contribution in [3.8, 4) is 0 Å². The van der Waals surface area contributed by atoms with E-state index in [0.29, 0.717) is 51.4 Å². The van der Waals surface area contributed by atoms with Crippen molar-refractivity contribution in [2.75, 3.05) is 23.0 Å². The van der Waals surface area contributed by atoms with Crippen molar-refractivity contribution >= 4 is 94.4 Å². The first-order chi connectivity index (χ1) is 43.2. The van der Waals surface area contributed by atoms with Gasteiger partial charge in [-0.25, -0.2) is 0 Å². The normalized spacial score (nSPS) is 12.4. The van der Waals surface area contributed by atoms with E-state index in [4.69, 9.17) is 62.8 Å². The number of unbranched alkanes of at least 4 members (excludes halogenated alkanes) is 40. The molecule has 13 heteroatoms. The van der Waals surface area contributed by atoms with Gasteiger partial charge in [0.1, 0.15) is 0 Å². The predicted molar refractivity (Wildman–Crippen MR) is 399 cm³/mol. The summed E-state index contributed by atoms with van der Waals surface area (Å²) in [4.78, 5) is 65.2. The summed E-state index contributed by atoms with van der Waals surface area (Å²) in [6, 6.07) is 0. The van der Waals surface area contributed by atoms with Gasteiger partial charge in [-0.15, -0.1) is 0 Å². The molecule has 0 radical (unpaired) electrons. The third-order valence-electron chi connectivity index (χ3n) is 19.9. The quantitative estimate of drug-likeness (QED) is 0.0271. The van der Waals surface area contributed by atoms with Crippen LogP contribution in [0.2, 0.25) is 0 Å². The van der Waals surface area contributed by atoms with Gasteiger partial charge in [0.15, 0.2) is 0 Å². The molecular formula is C76H148O8S4Sn. The van der Waals surface area contributed by atoms with Crippen molar-refractivity contribution in [2.45, 2.75) is 415 Å². The van der Waals surface area contributed by atoms with Crippen molar-refractivity contribution in [2.24, 2.45) is 21.7 Å². The fourth-order valence-electron chi connectivity index (χ4n) is 13.2. The van der Waals surface area contributed by atoms with Crippen LogP contribution in [0.3, 0.4) is 0 Å². The van der Waals surface area contributed by atoms with E-state index in [1.165, 1.54) is 51.4 Å². The molecule has 0 saturated carbocycles. The Kier molecular flexibility index (Phi) is 59.4. The minimum atomic E-state index is -6.84. The summed E-state index contributed by atoms with van der Waals surface area (Å²) < 4.78 is 28.6. The van der Waals surface area contributed by atoms with E-state index in [-0.39, 0.29) is 23.0 Å². The summed E-state index contributed by atoms with van der Waals surface area (Å²) in [6.07, 6.45) is 54.0. The summed E-state index contributed by atoms with van der Waals surface area (Å²) in [6.45, 7) is 17.8. The molecule has 8 nitrogen and oxygen atoms in total. The second-order valence-corrected chi connectivity index (χ2v) is 34.4. The van der Waals surface area contributed by atoms with E-state index in [9.17, 15) is 0 Å². The summed E-state index contributed by atoms with van der Waals surface area (Å²) >= 11 is 13.5. The topological polar surface area (TPSA) is 105 Å². The van der Waals surface area contributed by atoms with Crippen LogP contribution < -0.4 is 0 Å². The Morgan fingerprint density at radius 3 is 0.438 bits per heavy atom. The van der Waals surface area contributed by atoms with Crippen LogP contribution in [-0.4, -0.2) is 66.9 Å². The van der Waals surface area contributed by atoms with Gasteiger partial charge in [0.25, 0.3) is 0 Å². The first-order valence-electron chi connectivity index (χ1n) is 38.6. The molecule has 0 bridgehead atoms. The molecular weight excluding hydrogens is 1290 g/mol. The van der Waals surface area contributed by atoms with Crippen LogP contribution in [-0.2, 0) is 31.5 Å². The number of hydrogen-bond acceptors (Lipinski definition) is 12. The van der Waals surface area contributed by atoms with Gasteiger partial charge in [0.05, 0.1) is 0 Å². The average Bonchev–Trinajstić information content (AvgIpc) is 2.31. The van der Waals surface area contributed by atoms with E-state index in [0.717, 1.165) is 257 Å². The van der Waals surface area contributed by atoms with Crippen LogP contribution in [0.5, 0.6) is 0 Å². The Labute approximate surface area is 581 Å². The van der Waals surface area contributed by atoms with Crippen molar-refractivity contribution in [1.29, 1.82) is 0 Å². The number of rotatable bonds is 68. The standard InChI is InChI=1S/4C19H38O2S.Sn/c4*1-3-5-7-9-11-13-15-19(17-22,18(20)21)16-14-12-10-8-6-4-2;/h4*22H,3-17H2,1-2H3,(H,20,21);/q;;;;+4/p-4. The first-order valence-corrected chi connectivity index (χ1v) is 45.8. The summed E-state index contributed by atoms with van der Waals surface area (Å²) in [5.41, 5.74) is -4.45. The molecule has 0 aliphatic heterocycles. The van der Waals surface area contributed by atoms with Gasteiger partial charge in [-0.3, -0.25) is 0 Å². The number of carbonyl (C=O) groups is 4. The molecule has 0 unspecified atom stereocenters. The molecule has 0 rings (SSSR count). The van der Waals surface area contributed by atoms with Gasteiger partial charge in [0, 0.05) is 0 Å². The van der Waals surface area contributed by atoms with Gasteiger partial charge < -0.3 is 0 Å². The molecule has 0 N–H and O–H groups in total. The Morgan fingerprint density at radius 2 is 0.326 bits per heavy atom. The predicted octanol–water partition coefficient (Wildman–Crippen LogP) is 25.3. The molecule has 0 saturated heterocycles. The van der Waals surface area contributed by atoms with Crippen LogP contribution in [0.15, 0.2) is 0 Å². The Hall–Kier alpha value is 0.0787. The zero-order valence-corrected chi connectivity index (χ0v) is 66.4. The zero-order valence-electron chi connectivity index (χ0n) is 60.0. The molecule has 89 heavy (non-hydrogen) atoms. The van der Waals surface area contributed by atoms with Gasteiger partial charge in [0.2, 0.25) is 0 Å². The van der Waals surface area contributed by atoms with E-state index in [1.54, 1.807) is 0 Å². The molecule has 0 aromatic rings. The van der Waals surface area contributed by atoms with E-state index in [2.05, 4.69) is 55.4 Å². The monoisotopic (exact) mass is 1440 g/mol. The Bertz CT molecular complexity index is 1370. The number of carbonyl (C=O) groups excluding carboxylic acids is 4. The van der Waals surface area contributed by atoms with E-state index in [1.807, 2.05) is 0 Å². The first kappa shape index (κ1) is 89.1. The van der Waals surface area contributed by atoms with Crippen LogP contribution in [0.25, 0.3) is 0 Å². The molecule has 0 aliphatic carbocycles. The fourth-order valence-corrected chi connectivity index (χ4v) is 20.7. The van der Waals surface area contributed by atoms with Crippen LogP contribution >= 0.6 is 50.5 Å². The molecule has 0 aromatic heterocycles. The van der Waals surface area contributed by atoms with Gasteiger partial charge >= 0.3 is 586 Å².